The fraction of sp³-hybridized carbons (Fsp3) is 0.750. The zero-order chi connectivity index (χ0) is 9.68. The molecule has 3 nitrogen and oxygen atoms in total. The Labute approximate surface area is 87.6 Å². The summed E-state index contributed by atoms with van der Waals surface area (Å²) in [5, 5.41) is -0.0872. The van der Waals surface area contributed by atoms with Crippen molar-refractivity contribution in [2.24, 2.45) is 0 Å². The number of hydrogen-bond donors (Lipinski definition) is 1. The maximum absolute atomic E-state index is 11.1. The Balaban J connectivity index is 2.20. The van der Waals surface area contributed by atoms with E-state index in [-0.39, 0.29) is 11.1 Å². The van der Waals surface area contributed by atoms with Crippen LogP contribution in [0.4, 0.5) is 4.79 Å². The number of unbranched alkanes of at least 4 members (excludes halogenated alkanes) is 2. The molecule has 5 heteroatoms. The lowest BCUT2D eigenvalue weighted by molar-refractivity contribution is -0.124. The normalized spacial score (nSPS) is 17.2. The largest absolute Gasteiger partial charge is 0.288 e. The molecule has 1 fully saturated rings. The van der Waals surface area contributed by atoms with Gasteiger partial charge >= 0.3 is 0 Å². The second-order valence-corrected chi connectivity index (χ2v) is 4.26. The van der Waals surface area contributed by atoms with E-state index >= 15 is 0 Å². The zero-order valence-corrected chi connectivity index (χ0v) is 9.07. The average molecular weight is 219 g/mol. The molecule has 1 aliphatic rings. The molecule has 0 aromatic heterocycles. The number of carbonyl (C=O) groups is 2. The van der Waals surface area contributed by atoms with Gasteiger partial charge < -0.3 is 0 Å². The third kappa shape index (κ3) is 3.23. The van der Waals surface area contributed by atoms with E-state index in [0.717, 1.165) is 36.8 Å². The van der Waals surface area contributed by atoms with Gasteiger partial charge in [-0.1, -0.05) is 18.2 Å². The van der Waals surface area contributed by atoms with E-state index in [1.807, 2.05) is 0 Å². The van der Waals surface area contributed by atoms with E-state index in [4.69, 9.17) is 0 Å². The molecule has 2 amide bonds. The van der Waals surface area contributed by atoms with Crippen molar-refractivity contribution in [3.8, 4) is 0 Å². The topological polar surface area (TPSA) is 37.4 Å². The van der Waals surface area contributed by atoms with Crippen LogP contribution in [-0.2, 0) is 4.79 Å². The van der Waals surface area contributed by atoms with Crippen molar-refractivity contribution in [2.75, 3.05) is 18.1 Å². The first-order valence-electron chi connectivity index (χ1n) is 4.33. The summed E-state index contributed by atoms with van der Waals surface area (Å²) in [6.07, 6.45) is 2.98. The van der Waals surface area contributed by atoms with Crippen LogP contribution in [0.25, 0.3) is 0 Å². The molecule has 0 atom stereocenters. The lowest BCUT2D eigenvalue weighted by Crippen LogP contribution is -2.29. The quantitative estimate of drug-likeness (QED) is 0.566. The third-order valence-corrected chi connectivity index (χ3v) is 3.06. The predicted octanol–water partition coefficient (Wildman–Crippen LogP) is 1.78. The Kier molecular flexibility index (Phi) is 4.66. The number of amides is 2. The van der Waals surface area contributed by atoms with E-state index in [2.05, 4.69) is 12.6 Å². The fourth-order valence-corrected chi connectivity index (χ4v) is 2.13. The van der Waals surface area contributed by atoms with Crippen LogP contribution in [0.2, 0.25) is 0 Å². The highest BCUT2D eigenvalue weighted by Gasteiger charge is 2.28. The van der Waals surface area contributed by atoms with Gasteiger partial charge in [-0.2, -0.15) is 12.6 Å². The molecular formula is C8H13NO2S2. The first kappa shape index (κ1) is 10.9. The van der Waals surface area contributed by atoms with Gasteiger partial charge in [0, 0.05) is 6.54 Å². The van der Waals surface area contributed by atoms with Crippen LogP contribution in [0, 0.1) is 0 Å². The number of nitrogens with zero attached hydrogens (tertiary/aromatic N) is 1. The van der Waals surface area contributed by atoms with Gasteiger partial charge in [0.2, 0.25) is 5.91 Å². The molecule has 0 aromatic rings. The van der Waals surface area contributed by atoms with Crippen LogP contribution in [-0.4, -0.2) is 34.1 Å². The summed E-state index contributed by atoms with van der Waals surface area (Å²) in [7, 11) is 0. The van der Waals surface area contributed by atoms with Crippen molar-refractivity contribution < 1.29 is 9.59 Å². The summed E-state index contributed by atoms with van der Waals surface area (Å²) < 4.78 is 0. The maximum Gasteiger partial charge on any atom is 0.288 e. The molecule has 0 unspecified atom stereocenters. The Morgan fingerprint density at radius 3 is 2.62 bits per heavy atom. The van der Waals surface area contributed by atoms with Gasteiger partial charge in [0.25, 0.3) is 5.24 Å². The monoisotopic (exact) mass is 219 g/mol. The van der Waals surface area contributed by atoms with Crippen LogP contribution in [0.5, 0.6) is 0 Å². The van der Waals surface area contributed by atoms with E-state index in [0.29, 0.717) is 12.3 Å². The van der Waals surface area contributed by atoms with Crippen LogP contribution in [0.3, 0.4) is 0 Å². The molecule has 74 valence electrons. The smallest absolute Gasteiger partial charge is 0.273 e. The number of carbonyl (C=O) groups excluding carboxylic acids is 2. The first-order chi connectivity index (χ1) is 6.25. The van der Waals surface area contributed by atoms with Crippen molar-refractivity contribution in [1.82, 2.24) is 4.90 Å². The van der Waals surface area contributed by atoms with Crippen molar-refractivity contribution in [3.63, 3.8) is 0 Å². The second-order valence-electron chi connectivity index (χ2n) is 2.88. The number of hydrogen-bond acceptors (Lipinski definition) is 4. The van der Waals surface area contributed by atoms with Gasteiger partial charge in [0.1, 0.15) is 0 Å². The number of thioether (sulfide) groups is 1. The summed E-state index contributed by atoms with van der Waals surface area (Å²) >= 11 is 5.19. The Morgan fingerprint density at radius 2 is 2.08 bits per heavy atom. The van der Waals surface area contributed by atoms with Crippen molar-refractivity contribution in [2.45, 2.75) is 19.3 Å². The highest BCUT2D eigenvalue weighted by molar-refractivity contribution is 8.14. The highest BCUT2D eigenvalue weighted by Crippen LogP contribution is 2.19. The van der Waals surface area contributed by atoms with Crippen molar-refractivity contribution in [3.05, 3.63) is 0 Å². The Bertz CT molecular complexity index is 192. The Morgan fingerprint density at radius 1 is 1.31 bits per heavy atom. The maximum atomic E-state index is 11.1. The molecule has 1 heterocycles. The molecule has 1 aliphatic heterocycles. The second kappa shape index (κ2) is 5.54. The molecule has 0 saturated carbocycles. The summed E-state index contributed by atoms with van der Waals surface area (Å²) in [6, 6.07) is 0. The molecule has 0 aromatic carbocycles. The van der Waals surface area contributed by atoms with Gasteiger partial charge in [-0.05, 0) is 18.6 Å². The van der Waals surface area contributed by atoms with E-state index in [1.54, 1.807) is 0 Å². The molecule has 0 spiro atoms. The van der Waals surface area contributed by atoms with Gasteiger partial charge in [-0.3, -0.25) is 14.5 Å². The van der Waals surface area contributed by atoms with Gasteiger partial charge in [-0.15, -0.1) is 0 Å². The lowest BCUT2D eigenvalue weighted by atomic mass is 10.2. The minimum atomic E-state index is -0.0872. The molecular weight excluding hydrogens is 206 g/mol. The van der Waals surface area contributed by atoms with Gasteiger partial charge in [0.05, 0.1) is 5.75 Å². The Hall–Kier alpha value is -0.160. The molecule has 0 radical (unpaired) electrons. The summed E-state index contributed by atoms with van der Waals surface area (Å²) in [6.45, 7) is 0.582. The summed E-state index contributed by atoms with van der Waals surface area (Å²) in [5.74, 6) is 1.16. The van der Waals surface area contributed by atoms with E-state index in [9.17, 15) is 9.59 Å². The standard InChI is InChI=1S/C8H13NO2S2/c10-7-6-13-8(11)9(7)4-2-1-3-5-12/h12H,1-6H2. The molecule has 0 bridgehead atoms. The van der Waals surface area contributed by atoms with Crippen LogP contribution in [0.15, 0.2) is 0 Å². The van der Waals surface area contributed by atoms with Crippen molar-refractivity contribution >= 4 is 35.5 Å². The number of rotatable bonds is 5. The predicted molar refractivity (Wildman–Crippen MR) is 57.3 cm³/mol. The lowest BCUT2D eigenvalue weighted by Gasteiger charge is -2.11. The molecule has 13 heavy (non-hydrogen) atoms. The van der Waals surface area contributed by atoms with Gasteiger partial charge in [0.15, 0.2) is 0 Å². The number of imide groups is 1. The average Bonchev–Trinajstić information content (AvgIpc) is 2.42. The third-order valence-electron chi connectivity index (χ3n) is 1.88. The van der Waals surface area contributed by atoms with E-state index in [1.165, 1.54) is 4.90 Å². The number of thiol groups is 1. The zero-order valence-electron chi connectivity index (χ0n) is 7.36. The molecule has 1 saturated heterocycles. The SMILES string of the molecule is O=C1CSC(=O)N1CCCCCS. The highest BCUT2D eigenvalue weighted by atomic mass is 32.2. The van der Waals surface area contributed by atoms with Gasteiger partial charge in [-0.25, -0.2) is 0 Å². The van der Waals surface area contributed by atoms with Crippen LogP contribution < -0.4 is 0 Å². The molecule has 1 rings (SSSR count). The van der Waals surface area contributed by atoms with Crippen LogP contribution >= 0.6 is 24.4 Å². The summed E-state index contributed by atoms with van der Waals surface area (Å²) in [4.78, 5) is 23.6. The van der Waals surface area contributed by atoms with Crippen molar-refractivity contribution in [1.29, 1.82) is 0 Å². The molecule has 0 aliphatic carbocycles. The fourth-order valence-electron chi connectivity index (χ4n) is 1.16. The van der Waals surface area contributed by atoms with Crippen LogP contribution in [0.1, 0.15) is 19.3 Å². The minimum absolute atomic E-state index is 0.0409. The summed E-state index contributed by atoms with van der Waals surface area (Å²) in [5.41, 5.74) is 0. The molecule has 0 N–H and O–H groups in total. The van der Waals surface area contributed by atoms with E-state index < -0.39 is 0 Å². The minimum Gasteiger partial charge on any atom is -0.273 e. The first-order valence-corrected chi connectivity index (χ1v) is 5.95.